The molecule has 0 saturated carbocycles. The summed E-state index contributed by atoms with van der Waals surface area (Å²) in [7, 11) is 0. The molecule has 0 radical (unpaired) electrons. The fourth-order valence-electron chi connectivity index (χ4n) is 1.60. The van der Waals surface area contributed by atoms with Gasteiger partial charge in [0.2, 0.25) is 5.91 Å². The van der Waals surface area contributed by atoms with E-state index in [9.17, 15) is 4.79 Å². The molecule has 1 rings (SSSR count). The molecular weight excluding hydrogens is 283 g/mol. The number of carbonyl (C=O) groups excluding carboxylic acids is 1. The highest BCUT2D eigenvalue weighted by Gasteiger charge is 2.03. The van der Waals surface area contributed by atoms with Crippen LogP contribution in [0.15, 0.2) is 24.3 Å². The number of nitrogens with one attached hydrogen (secondary N) is 2. The molecule has 0 bridgehead atoms. The largest absolute Gasteiger partial charge is 0.356 e. The van der Waals surface area contributed by atoms with Crippen molar-refractivity contribution in [2.24, 2.45) is 0 Å². The van der Waals surface area contributed by atoms with Crippen LogP contribution in [-0.4, -0.2) is 25.0 Å². The lowest BCUT2D eigenvalue weighted by Crippen LogP contribution is -2.30. The molecule has 19 heavy (non-hydrogen) atoms. The number of hydrogen-bond acceptors (Lipinski definition) is 2. The molecule has 0 aliphatic heterocycles. The van der Waals surface area contributed by atoms with Crippen molar-refractivity contribution in [2.45, 2.75) is 32.7 Å². The lowest BCUT2D eigenvalue weighted by Gasteiger charge is -2.08. The highest BCUT2D eigenvalue weighted by atomic mass is 35.5. The normalized spacial score (nSPS) is 10.1. The fraction of sp³-hybridized carbons (Fsp3) is 0.500. The molecule has 0 fully saturated rings. The Morgan fingerprint density at radius 1 is 1.32 bits per heavy atom. The molecule has 0 heterocycles. The third-order valence-electron chi connectivity index (χ3n) is 2.48. The predicted molar refractivity (Wildman–Crippen MR) is 83.2 cm³/mol. The molecule has 0 unspecified atom stereocenters. The van der Waals surface area contributed by atoms with Gasteiger partial charge in [0.25, 0.3) is 0 Å². The fourth-order valence-corrected chi connectivity index (χ4v) is 1.81. The van der Waals surface area contributed by atoms with Crippen LogP contribution in [0.3, 0.4) is 0 Å². The van der Waals surface area contributed by atoms with E-state index in [0.29, 0.717) is 24.0 Å². The molecular formula is C14H22Cl2N2O. The maximum atomic E-state index is 11.6. The molecule has 0 saturated heterocycles. The minimum atomic E-state index is 0. The third kappa shape index (κ3) is 8.87. The van der Waals surface area contributed by atoms with E-state index in [0.717, 1.165) is 18.5 Å². The van der Waals surface area contributed by atoms with E-state index in [1.165, 1.54) is 0 Å². The summed E-state index contributed by atoms with van der Waals surface area (Å²) in [6, 6.07) is 7.89. The second-order valence-electron chi connectivity index (χ2n) is 4.62. The number of amides is 1. The van der Waals surface area contributed by atoms with Crippen molar-refractivity contribution in [3.05, 3.63) is 34.9 Å². The molecule has 5 heteroatoms. The summed E-state index contributed by atoms with van der Waals surface area (Å²) in [5.41, 5.74) is 0.945. The van der Waals surface area contributed by atoms with Crippen LogP contribution in [0.1, 0.15) is 25.8 Å². The van der Waals surface area contributed by atoms with Gasteiger partial charge in [-0.25, -0.2) is 0 Å². The molecule has 3 nitrogen and oxygen atoms in total. The van der Waals surface area contributed by atoms with Gasteiger partial charge in [0.05, 0.1) is 6.42 Å². The van der Waals surface area contributed by atoms with Crippen LogP contribution in [0.4, 0.5) is 0 Å². The zero-order valence-corrected chi connectivity index (χ0v) is 13.0. The van der Waals surface area contributed by atoms with E-state index < -0.39 is 0 Å². The Balaban J connectivity index is 0.00000324. The third-order valence-corrected chi connectivity index (χ3v) is 2.72. The summed E-state index contributed by atoms with van der Waals surface area (Å²) in [5, 5.41) is 6.88. The van der Waals surface area contributed by atoms with Gasteiger partial charge in [-0.1, -0.05) is 37.6 Å². The maximum absolute atomic E-state index is 11.6. The van der Waals surface area contributed by atoms with Gasteiger partial charge >= 0.3 is 0 Å². The van der Waals surface area contributed by atoms with Crippen molar-refractivity contribution in [2.75, 3.05) is 13.1 Å². The first-order chi connectivity index (χ1) is 8.58. The summed E-state index contributed by atoms with van der Waals surface area (Å²) in [6.45, 7) is 5.85. The Kier molecular flexibility index (Phi) is 9.66. The molecule has 0 aliphatic rings. The summed E-state index contributed by atoms with van der Waals surface area (Å²) in [6.07, 6.45) is 1.33. The van der Waals surface area contributed by atoms with Crippen LogP contribution >= 0.6 is 24.0 Å². The van der Waals surface area contributed by atoms with Crippen LogP contribution in [0.25, 0.3) is 0 Å². The van der Waals surface area contributed by atoms with Crippen molar-refractivity contribution >= 4 is 29.9 Å². The van der Waals surface area contributed by atoms with Gasteiger partial charge in [0, 0.05) is 17.6 Å². The first-order valence-electron chi connectivity index (χ1n) is 6.32. The number of rotatable bonds is 7. The van der Waals surface area contributed by atoms with Crippen molar-refractivity contribution in [1.82, 2.24) is 10.6 Å². The predicted octanol–water partition coefficient (Wildman–Crippen LogP) is 2.81. The zero-order chi connectivity index (χ0) is 13.4. The summed E-state index contributed by atoms with van der Waals surface area (Å²) in [4.78, 5) is 11.6. The molecule has 1 amide bonds. The van der Waals surface area contributed by atoms with Crippen LogP contribution in [-0.2, 0) is 11.2 Å². The molecule has 1 aromatic carbocycles. The van der Waals surface area contributed by atoms with E-state index in [1.807, 2.05) is 18.2 Å². The summed E-state index contributed by atoms with van der Waals surface area (Å²) >= 11 is 5.86. The maximum Gasteiger partial charge on any atom is 0.224 e. The highest BCUT2D eigenvalue weighted by Crippen LogP contribution is 2.10. The average Bonchev–Trinajstić information content (AvgIpc) is 2.28. The monoisotopic (exact) mass is 304 g/mol. The number of hydrogen-bond donors (Lipinski definition) is 2. The lowest BCUT2D eigenvalue weighted by atomic mass is 10.1. The quantitative estimate of drug-likeness (QED) is 0.761. The zero-order valence-electron chi connectivity index (χ0n) is 11.4. The number of halogens is 2. The first-order valence-corrected chi connectivity index (χ1v) is 6.70. The molecule has 0 aromatic heterocycles. The minimum Gasteiger partial charge on any atom is -0.356 e. The van der Waals surface area contributed by atoms with Gasteiger partial charge in [-0.3, -0.25) is 4.79 Å². The smallest absolute Gasteiger partial charge is 0.224 e. The van der Waals surface area contributed by atoms with Gasteiger partial charge < -0.3 is 10.6 Å². The van der Waals surface area contributed by atoms with Gasteiger partial charge in [0.15, 0.2) is 0 Å². The number of carbonyl (C=O) groups is 1. The Bertz CT molecular complexity index is 383. The Morgan fingerprint density at radius 3 is 2.68 bits per heavy atom. The van der Waals surface area contributed by atoms with Crippen molar-refractivity contribution in [3.63, 3.8) is 0 Å². The van der Waals surface area contributed by atoms with Gasteiger partial charge in [-0.15, -0.1) is 12.4 Å². The molecule has 0 atom stereocenters. The average molecular weight is 305 g/mol. The van der Waals surface area contributed by atoms with Crippen molar-refractivity contribution < 1.29 is 4.79 Å². The van der Waals surface area contributed by atoms with Crippen molar-refractivity contribution in [3.8, 4) is 0 Å². The van der Waals surface area contributed by atoms with E-state index in [4.69, 9.17) is 11.6 Å². The molecule has 108 valence electrons. The Hall–Kier alpha value is -0.770. The van der Waals surface area contributed by atoms with Crippen LogP contribution in [0.5, 0.6) is 0 Å². The van der Waals surface area contributed by atoms with E-state index in [1.54, 1.807) is 6.07 Å². The van der Waals surface area contributed by atoms with Gasteiger partial charge in [-0.2, -0.15) is 0 Å². The lowest BCUT2D eigenvalue weighted by molar-refractivity contribution is -0.120. The molecule has 1 aromatic rings. The second kappa shape index (κ2) is 10.1. The Morgan fingerprint density at radius 2 is 2.05 bits per heavy atom. The topological polar surface area (TPSA) is 41.1 Å². The molecule has 0 aliphatic carbocycles. The van der Waals surface area contributed by atoms with E-state index in [-0.39, 0.29) is 18.3 Å². The van der Waals surface area contributed by atoms with E-state index in [2.05, 4.69) is 24.5 Å². The highest BCUT2D eigenvalue weighted by molar-refractivity contribution is 6.30. The first kappa shape index (κ1) is 18.2. The van der Waals surface area contributed by atoms with Crippen molar-refractivity contribution in [1.29, 1.82) is 0 Å². The second-order valence-corrected chi connectivity index (χ2v) is 5.06. The van der Waals surface area contributed by atoms with Crippen LogP contribution in [0, 0.1) is 0 Å². The van der Waals surface area contributed by atoms with E-state index >= 15 is 0 Å². The SMILES string of the molecule is CC(C)NCCCNC(=O)Cc1cccc(Cl)c1.Cl. The molecule has 2 N–H and O–H groups in total. The minimum absolute atomic E-state index is 0. The van der Waals surface area contributed by atoms with Gasteiger partial charge in [-0.05, 0) is 30.7 Å². The molecule has 0 spiro atoms. The summed E-state index contributed by atoms with van der Waals surface area (Å²) in [5.74, 6) is 0.0433. The van der Waals surface area contributed by atoms with Crippen LogP contribution in [0.2, 0.25) is 5.02 Å². The number of benzene rings is 1. The summed E-state index contributed by atoms with van der Waals surface area (Å²) < 4.78 is 0. The standard InChI is InChI=1S/C14H21ClN2O.ClH/c1-11(2)16-7-4-8-17-14(18)10-12-5-3-6-13(15)9-12;/h3,5-6,9,11,16H,4,7-8,10H2,1-2H3,(H,17,18);1H. The Labute approximate surface area is 126 Å². The van der Waals surface area contributed by atoms with Crippen LogP contribution < -0.4 is 10.6 Å². The van der Waals surface area contributed by atoms with Gasteiger partial charge in [0.1, 0.15) is 0 Å².